The molecule has 1 aliphatic heterocycles. The molecule has 1 heterocycles. The summed E-state index contributed by atoms with van der Waals surface area (Å²) in [5.41, 5.74) is 2.19. The quantitative estimate of drug-likeness (QED) is 0.742. The van der Waals surface area contributed by atoms with Crippen LogP contribution in [-0.4, -0.2) is 47.8 Å². The number of aliphatic hydroxyl groups is 1. The second kappa shape index (κ2) is 8.68. The van der Waals surface area contributed by atoms with Gasteiger partial charge in [0, 0.05) is 25.2 Å². The van der Waals surface area contributed by atoms with Crippen LogP contribution in [0.25, 0.3) is 0 Å². The van der Waals surface area contributed by atoms with Gasteiger partial charge in [0.25, 0.3) is 0 Å². The van der Waals surface area contributed by atoms with Crippen LogP contribution in [0.15, 0.2) is 24.3 Å². The van der Waals surface area contributed by atoms with E-state index in [2.05, 4.69) is 22.5 Å². The molecule has 25 heavy (non-hydrogen) atoms. The first-order chi connectivity index (χ1) is 12.2. The number of likely N-dealkylation sites (tertiary alicyclic amines) is 1. The summed E-state index contributed by atoms with van der Waals surface area (Å²) in [6.45, 7) is 4.04. The van der Waals surface area contributed by atoms with Crippen LogP contribution in [0, 0.1) is 0 Å². The van der Waals surface area contributed by atoms with Gasteiger partial charge < -0.3 is 15.7 Å². The molecule has 0 aromatic heterocycles. The molecule has 138 valence electrons. The van der Waals surface area contributed by atoms with E-state index < -0.39 is 0 Å². The van der Waals surface area contributed by atoms with Gasteiger partial charge in [0.15, 0.2) is 0 Å². The maximum atomic E-state index is 12.3. The van der Waals surface area contributed by atoms with E-state index in [0.717, 1.165) is 37.5 Å². The summed E-state index contributed by atoms with van der Waals surface area (Å²) >= 11 is 0. The van der Waals surface area contributed by atoms with Crippen LogP contribution in [0.4, 0.5) is 4.79 Å². The number of carbonyl (C=O) groups is 1. The van der Waals surface area contributed by atoms with Crippen molar-refractivity contribution in [3.05, 3.63) is 35.4 Å². The molecule has 1 saturated heterocycles. The molecule has 1 aromatic rings. The van der Waals surface area contributed by atoms with Gasteiger partial charge in [-0.1, -0.05) is 44.0 Å². The number of carbonyl (C=O) groups excluding carboxylic acids is 1. The third kappa shape index (κ3) is 4.73. The minimum absolute atomic E-state index is 0.0994. The summed E-state index contributed by atoms with van der Waals surface area (Å²) in [5, 5.41) is 15.7. The zero-order chi connectivity index (χ0) is 17.6. The van der Waals surface area contributed by atoms with Crippen LogP contribution < -0.4 is 10.6 Å². The second-order valence-corrected chi connectivity index (χ2v) is 7.37. The van der Waals surface area contributed by atoms with Gasteiger partial charge in [0.05, 0.1) is 12.6 Å². The number of aliphatic hydroxyl groups excluding tert-OH is 1. The first-order valence-electron chi connectivity index (χ1n) is 9.70. The van der Waals surface area contributed by atoms with Crippen molar-refractivity contribution < 1.29 is 9.90 Å². The standard InChI is InChI=1S/C20H31N3O2/c1-2-15-7-9-16(10-8-15)19(14-24)22-20(25)21-17-11-12-23(13-17)18-5-3-4-6-18/h7-10,17-19,24H,2-6,11-14H2,1H3,(H2,21,22,25). The van der Waals surface area contributed by atoms with Gasteiger partial charge in [-0.3, -0.25) is 4.90 Å². The Morgan fingerprint density at radius 1 is 1.24 bits per heavy atom. The fourth-order valence-electron chi connectivity index (χ4n) is 4.11. The molecule has 5 nitrogen and oxygen atoms in total. The second-order valence-electron chi connectivity index (χ2n) is 7.37. The normalized spacial score (nSPS) is 22.9. The van der Waals surface area contributed by atoms with Gasteiger partial charge in [-0.25, -0.2) is 4.79 Å². The van der Waals surface area contributed by atoms with Crippen LogP contribution in [0.5, 0.6) is 0 Å². The fraction of sp³-hybridized carbons (Fsp3) is 0.650. The van der Waals surface area contributed by atoms with Gasteiger partial charge in [-0.15, -0.1) is 0 Å². The van der Waals surface area contributed by atoms with Gasteiger partial charge in [-0.05, 0) is 36.8 Å². The molecule has 0 radical (unpaired) electrons. The van der Waals surface area contributed by atoms with Crippen LogP contribution >= 0.6 is 0 Å². The maximum absolute atomic E-state index is 12.3. The average Bonchev–Trinajstić information content (AvgIpc) is 3.31. The van der Waals surface area contributed by atoms with E-state index in [0.29, 0.717) is 0 Å². The Hall–Kier alpha value is -1.59. The molecule has 2 aliphatic rings. The Bertz CT molecular complexity index is 555. The minimum Gasteiger partial charge on any atom is -0.394 e. The van der Waals surface area contributed by atoms with Crippen molar-refractivity contribution in [2.45, 2.75) is 63.6 Å². The molecule has 1 aromatic carbocycles. The Balaban J connectivity index is 1.48. The summed E-state index contributed by atoms with van der Waals surface area (Å²) in [5.74, 6) is 0. The molecule has 1 aliphatic carbocycles. The lowest BCUT2D eigenvalue weighted by molar-refractivity contribution is 0.211. The molecular formula is C20H31N3O2. The summed E-state index contributed by atoms with van der Waals surface area (Å²) in [7, 11) is 0. The van der Waals surface area contributed by atoms with Crippen molar-refractivity contribution in [1.29, 1.82) is 0 Å². The Morgan fingerprint density at radius 3 is 2.60 bits per heavy atom. The SMILES string of the molecule is CCc1ccc(C(CO)NC(=O)NC2CCN(C3CCCC3)C2)cc1. The molecule has 3 N–H and O–H groups in total. The number of hydrogen-bond acceptors (Lipinski definition) is 3. The van der Waals surface area contributed by atoms with Gasteiger partial charge >= 0.3 is 6.03 Å². The molecule has 2 fully saturated rings. The number of rotatable bonds is 6. The van der Waals surface area contributed by atoms with E-state index in [-0.39, 0.29) is 24.7 Å². The van der Waals surface area contributed by atoms with E-state index in [4.69, 9.17) is 0 Å². The number of amides is 2. The zero-order valence-electron chi connectivity index (χ0n) is 15.2. The predicted octanol–water partition coefficient (Wildman–Crippen LogP) is 2.60. The Morgan fingerprint density at radius 2 is 1.96 bits per heavy atom. The van der Waals surface area contributed by atoms with Crippen LogP contribution in [0.2, 0.25) is 0 Å². The van der Waals surface area contributed by atoms with Gasteiger partial charge in [-0.2, -0.15) is 0 Å². The van der Waals surface area contributed by atoms with Crippen molar-refractivity contribution in [2.75, 3.05) is 19.7 Å². The summed E-state index contributed by atoms with van der Waals surface area (Å²) < 4.78 is 0. The first kappa shape index (κ1) is 18.2. The van der Waals surface area contributed by atoms with Gasteiger partial charge in [0.1, 0.15) is 0 Å². The van der Waals surface area contributed by atoms with Crippen LogP contribution in [0.1, 0.15) is 56.2 Å². The smallest absolute Gasteiger partial charge is 0.315 e. The number of aryl methyl sites for hydroxylation is 1. The molecule has 5 heteroatoms. The lowest BCUT2D eigenvalue weighted by Gasteiger charge is -2.24. The third-order valence-corrected chi connectivity index (χ3v) is 5.67. The van der Waals surface area contributed by atoms with E-state index >= 15 is 0 Å². The van der Waals surface area contributed by atoms with Crippen molar-refractivity contribution >= 4 is 6.03 Å². The Kier molecular flexibility index (Phi) is 6.32. The predicted molar refractivity (Wildman–Crippen MR) is 99.5 cm³/mol. The van der Waals surface area contributed by atoms with E-state index in [9.17, 15) is 9.90 Å². The first-order valence-corrected chi connectivity index (χ1v) is 9.70. The zero-order valence-corrected chi connectivity index (χ0v) is 15.2. The van der Waals surface area contributed by atoms with Crippen molar-refractivity contribution in [3.63, 3.8) is 0 Å². The maximum Gasteiger partial charge on any atom is 0.315 e. The van der Waals surface area contributed by atoms with Crippen molar-refractivity contribution in [1.82, 2.24) is 15.5 Å². The largest absolute Gasteiger partial charge is 0.394 e. The lowest BCUT2D eigenvalue weighted by atomic mass is 10.0. The topological polar surface area (TPSA) is 64.6 Å². The monoisotopic (exact) mass is 345 g/mol. The highest BCUT2D eigenvalue weighted by atomic mass is 16.3. The summed E-state index contributed by atoms with van der Waals surface area (Å²) in [6, 6.07) is 8.45. The van der Waals surface area contributed by atoms with E-state index in [1.165, 1.54) is 31.2 Å². The van der Waals surface area contributed by atoms with Gasteiger partial charge in [0.2, 0.25) is 0 Å². The highest BCUT2D eigenvalue weighted by Crippen LogP contribution is 2.26. The molecule has 0 spiro atoms. The van der Waals surface area contributed by atoms with Crippen LogP contribution in [-0.2, 0) is 6.42 Å². The van der Waals surface area contributed by atoms with E-state index in [1.807, 2.05) is 24.3 Å². The number of benzene rings is 1. The highest BCUT2D eigenvalue weighted by Gasteiger charge is 2.30. The van der Waals surface area contributed by atoms with Crippen LogP contribution in [0.3, 0.4) is 0 Å². The summed E-state index contributed by atoms with van der Waals surface area (Å²) in [4.78, 5) is 14.9. The number of nitrogens with zero attached hydrogens (tertiary/aromatic N) is 1. The molecule has 0 bridgehead atoms. The van der Waals surface area contributed by atoms with Crippen molar-refractivity contribution in [3.8, 4) is 0 Å². The average molecular weight is 345 g/mol. The number of nitrogens with one attached hydrogen (secondary N) is 2. The highest BCUT2D eigenvalue weighted by molar-refractivity contribution is 5.74. The molecule has 3 rings (SSSR count). The number of hydrogen-bond donors (Lipinski definition) is 3. The Labute approximate surface area is 150 Å². The molecule has 2 amide bonds. The molecule has 2 atom stereocenters. The fourth-order valence-corrected chi connectivity index (χ4v) is 4.11. The molecule has 2 unspecified atom stereocenters. The van der Waals surface area contributed by atoms with Crippen molar-refractivity contribution in [2.24, 2.45) is 0 Å². The van der Waals surface area contributed by atoms with E-state index in [1.54, 1.807) is 0 Å². The summed E-state index contributed by atoms with van der Waals surface area (Å²) in [6.07, 6.45) is 7.29. The lowest BCUT2D eigenvalue weighted by Crippen LogP contribution is -2.45. The molecular weight excluding hydrogens is 314 g/mol. The minimum atomic E-state index is -0.363. The third-order valence-electron chi connectivity index (χ3n) is 5.67. The number of urea groups is 1. The molecule has 1 saturated carbocycles.